The van der Waals surface area contributed by atoms with Gasteiger partial charge in [-0.3, -0.25) is 4.90 Å². The van der Waals surface area contributed by atoms with Gasteiger partial charge in [-0.15, -0.1) is 12.3 Å². The van der Waals surface area contributed by atoms with E-state index < -0.39 is 0 Å². The van der Waals surface area contributed by atoms with Gasteiger partial charge in [0.1, 0.15) is 0 Å². The maximum absolute atomic E-state index is 5.48. The lowest BCUT2D eigenvalue weighted by Gasteiger charge is -2.47. The average Bonchev–Trinajstić information content (AvgIpc) is 3.31. The highest BCUT2D eigenvalue weighted by molar-refractivity contribution is 5.21. The Morgan fingerprint density at radius 1 is 1.35 bits per heavy atom. The molecule has 2 unspecified atom stereocenters. The second-order valence-electron chi connectivity index (χ2n) is 6.42. The van der Waals surface area contributed by atoms with Crippen LogP contribution in [0.5, 0.6) is 0 Å². The maximum Gasteiger partial charge on any atom is 0.0474 e. The van der Waals surface area contributed by atoms with Gasteiger partial charge in [-0.25, -0.2) is 0 Å². The zero-order chi connectivity index (χ0) is 14.0. The molecular weight excluding hydrogens is 244 g/mol. The monoisotopic (exact) mass is 268 g/mol. The van der Waals surface area contributed by atoms with Crippen molar-refractivity contribution in [2.24, 2.45) is 5.92 Å². The van der Waals surface area contributed by atoms with Crippen molar-refractivity contribution in [1.82, 2.24) is 10.2 Å². The average molecular weight is 268 g/mol. The van der Waals surface area contributed by atoms with Crippen LogP contribution in [-0.4, -0.2) is 30.1 Å². The molecule has 20 heavy (non-hydrogen) atoms. The lowest BCUT2D eigenvalue weighted by Crippen LogP contribution is -2.61. The van der Waals surface area contributed by atoms with E-state index in [0.717, 1.165) is 32.0 Å². The first-order valence-corrected chi connectivity index (χ1v) is 7.70. The zero-order valence-electron chi connectivity index (χ0n) is 12.3. The van der Waals surface area contributed by atoms with Crippen LogP contribution in [0.2, 0.25) is 0 Å². The molecule has 0 radical (unpaired) electrons. The van der Waals surface area contributed by atoms with E-state index in [1.807, 2.05) is 0 Å². The van der Waals surface area contributed by atoms with Gasteiger partial charge in [-0.05, 0) is 31.2 Å². The molecule has 3 rings (SSSR count). The summed E-state index contributed by atoms with van der Waals surface area (Å²) in [6, 6.07) is 11.3. The van der Waals surface area contributed by atoms with E-state index in [-0.39, 0.29) is 5.54 Å². The lowest BCUT2D eigenvalue weighted by molar-refractivity contribution is 0.0767. The van der Waals surface area contributed by atoms with Crippen molar-refractivity contribution in [3.05, 3.63) is 35.9 Å². The van der Waals surface area contributed by atoms with Gasteiger partial charge in [0.15, 0.2) is 0 Å². The molecule has 1 aromatic rings. The van der Waals surface area contributed by atoms with Crippen LogP contribution < -0.4 is 5.32 Å². The largest absolute Gasteiger partial charge is 0.308 e. The summed E-state index contributed by atoms with van der Waals surface area (Å²) in [4.78, 5) is 2.59. The Bertz CT molecular complexity index is 486. The summed E-state index contributed by atoms with van der Waals surface area (Å²) in [6.07, 6.45) is 9.07. The smallest absolute Gasteiger partial charge is 0.0474 e. The number of rotatable bonds is 4. The fourth-order valence-corrected chi connectivity index (χ4v) is 3.49. The number of piperazine rings is 1. The highest BCUT2D eigenvalue weighted by Gasteiger charge is 2.45. The van der Waals surface area contributed by atoms with Gasteiger partial charge in [-0.1, -0.05) is 30.3 Å². The Kier molecular flexibility index (Phi) is 3.83. The highest BCUT2D eigenvalue weighted by Crippen LogP contribution is 2.42. The van der Waals surface area contributed by atoms with Gasteiger partial charge in [-0.2, -0.15) is 0 Å². The predicted octanol–water partition coefficient (Wildman–Crippen LogP) is 2.82. The third-order valence-electron chi connectivity index (χ3n) is 4.88. The standard InChI is InChI=1S/C18H24N2/c1-3-4-12-20-14-18(2,16-10-11-16)19-13-17(20)15-8-6-5-7-9-15/h1,5-9,16-17,19H,4,10-14H2,2H3. The number of benzene rings is 1. The van der Waals surface area contributed by atoms with Crippen LogP contribution in [0.15, 0.2) is 30.3 Å². The van der Waals surface area contributed by atoms with Crippen molar-refractivity contribution in [3.8, 4) is 12.3 Å². The first-order valence-electron chi connectivity index (χ1n) is 7.70. The molecule has 1 aliphatic carbocycles. The molecule has 1 N–H and O–H groups in total. The third-order valence-corrected chi connectivity index (χ3v) is 4.88. The van der Waals surface area contributed by atoms with Crippen LogP contribution in [-0.2, 0) is 0 Å². The summed E-state index contributed by atoms with van der Waals surface area (Å²) in [5.41, 5.74) is 1.68. The van der Waals surface area contributed by atoms with Crippen molar-refractivity contribution < 1.29 is 0 Å². The van der Waals surface area contributed by atoms with Gasteiger partial charge >= 0.3 is 0 Å². The van der Waals surface area contributed by atoms with E-state index in [1.54, 1.807) is 0 Å². The quantitative estimate of drug-likeness (QED) is 0.845. The summed E-state index contributed by atoms with van der Waals surface area (Å²) in [5, 5.41) is 3.82. The molecular formula is C18H24N2. The molecule has 1 aromatic carbocycles. The van der Waals surface area contributed by atoms with Gasteiger partial charge < -0.3 is 5.32 Å². The van der Waals surface area contributed by atoms with Crippen molar-refractivity contribution in [2.45, 2.75) is 37.8 Å². The Morgan fingerprint density at radius 2 is 2.10 bits per heavy atom. The Labute approximate surface area is 122 Å². The minimum atomic E-state index is 0.278. The van der Waals surface area contributed by atoms with Crippen LogP contribution in [0.1, 0.15) is 37.8 Å². The van der Waals surface area contributed by atoms with Gasteiger partial charge in [0.05, 0.1) is 0 Å². The topological polar surface area (TPSA) is 15.3 Å². The van der Waals surface area contributed by atoms with Crippen molar-refractivity contribution in [3.63, 3.8) is 0 Å². The number of hydrogen-bond donors (Lipinski definition) is 1. The van der Waals surface area contributed by atoms with Crippen LogP contribution in [0.3, 0.4) is 0 Å². The molecule has 2 nitrogen and oxygen atoms in total. The number of nitrogens with one attached hydrogen (secondary N) is 1. The van der Waals surface area contributed by atoms with Gasteiger partial charge in [0.2, 0.25) is 0 Å². The zero-order valence-corrected chi connectivity index (χ0v) is 12.3. The minimum absolute atomic E-state index is 0.278. The summed E-state index contributed by atoms with van der Waals surface area (Å²) in [7, 11) is 0. The maximum atomic E-state index is 5.48. The second-order valence-corrected chi connectivity index (χ2v) is 6.42. The Morgan fingerprint density at radius 3 is 2.75 bits per heavy atom. The fourth-order valence-electron chi connectivity index (χ4n) is 3.49. The number of nitrogens with zero attached hydrogens (tertiary/aromatic N) is 1. The third kappa shape index (κ3) is 2.75. The predicted molar refractivity (Wildman–Crippen MR) is 83.3 cm³/mol. The van der Waals surface area contributed by atoms with Crippen LogP contribution >= 0.6 is 0 Å². The molecule has 1 heterocycles. The molecule has 2 atom stereocenters. The molecule has 0 spiro atoms. The van der Waals surface area contributed by atoms with Crippen molar-refractivity contribution in [1.29, 1.82) is 0 Å². The van der Waals surface area contributed by atoms with Crippen LogP contribution in [0.25, 0.3) is 0 Å². The van der Waals surface area contributed by atoms with Gasteiger partial charge in [0, 0.05) is 37.6 Å². The van der Waals surface area contributed by atoms with E-state index in [4.69, 9.17) is 6.42 Å². The summed E-state index contributed by atoms with van der Waals surface area (Å²) in [6.45, 7) is 5.52. The van der Waals surface area contributed by atoms with Gasteiger partial charge in [0.25, 0.3) is 0 Å². The number of terminal acetylenes is 1. The molecule has 1 aliphatic heterocycles. The van der Waals surface area contributed by atoms with Crippen molar-refractivity contribution in [2.75, 3.05) is 19.6 Å². The fraction of sp³-hybridized carbons (Fsp3) is 0.556. The Hall–Kier alpha value is -1.30. The van der Waals surface area contributed by atoms with E-state index in [1.165, 1.54) is 18.4 Å². The second kappa shape index (κ2) is 5.60. The molecule has 2 aliphatic rings. The first kappa shape index (κ1) is 13.7. The van der Waals surface area contributed by atoms with E-state index in [0.29, 0.717) is 6.04 Å². The lowest BCUT2D eigenvalue weighted by atomic mass is 9.89. The molecule has 0 bridgehead atoms. The molecule has 0 aromatic heterocycles. The summed E-state index contributed by atoms with van der Waals surface area (Å²) >= 11 is 0. The van der Waals surface area contributed by atoms with Crippen molar-refractivity contribution >= 4 is 0 Å². The summed E-state index contributed by atoms with van der Waals surface area (Å²) < 4.78 is 0. The highest BCUT2D eigenvalue weighted by atomic mass is 15.3. The molecule has 1 saturated carbocycles. The van der Waals surface area contributed by atoms with Crippen LogP contribution in [0.4, 0.5) is 0 Å². The normalized spacial score (nSPS) is 30.9. The van der Waals surface area contributed by atoms with E-state index in [2.05, 4.69) is 53.4 Å². The summed E-state index contributed by atoms with van der Waals surface area (Å²) in [5.74, 6) is 3.65. The van der Waals surface area contributed by atoms with Crippen LogP contribution in [0, 0.1) is 18.3 Å². The molecule has 2 fully saturated rings. The minimum Gasteiger partial charge on any atom is -0.308 e. The number of hydrogen-bond acceptors (Lipinski definition) is 2. The SMILES string of the molecule is C#CCCN1CC(C)(C2CC2)NCC1c1ccccc1. The first-order chi connectivity index (χ1) is 9.73. The Balaban J connectivity index is 1.77. The molecule has 0 amide bonds. The molecule has 1 saturated heterocycles. The van der Waals surface area contributed by atoms with E-state index in [9.17, 15) is 0 Å². The van der Waals surface area contributed by atoms with E-state index >= 15 is 0 Å². The molecule has 106 valence electrons. The molecule has 2 heteroatoms.